The number of carbonyl (C=O) groups excluding carboxylic acids is 2. The van der Waals surface area contributed by atoms with Gasteiger partial charge in [0.25, 0.3) is 17.4 Å². The zero-order chi connectivity index (χ0) is 32.5. The van der Waals surface area contributed by atoms with Gasteiger partial charge in [-0.15, -0.1) is 0 Å². The van der Waals surface area contributed by atoms with Crippen molar-refractivity contribution in [2.75, 3.05) is 49.6 Å². The Labute approximate surface area is 263 Å². The zero-order valence-electron chi connectivity index (χ0n) is 26.8. The molecule has 3 aromatic carbocycles. The first-order valence-corrected chi connectivity index (χ1v) is 15.1. The molecule has 1 fully saturated rings. The van der Waals surface area contributed by atoms with Crippen molar-refractivity contribution in [3.05, 3.63) is 99.5 Å². The van der Waals surface area contributed by atoms with E-state index in [4.69, 9.17) is 5.73 Å². The molecular formula is C35H41N7O3. The highest BCUT2D eigenvalue weighted by Crippen LogP contribution is 2.29. The molecule has 4 aromatic rings. The maximum Gasteiger partial charge on any atom is 0.293 e. The van der Waals surface area contributed by atoms with Crippen LogP contribution in [-0.4, -0.2) is 64.4 Å². The quantitative estimate of drug-likeness (QED) is 0.263. The average molecular weight is 608 g/mol. The normalized spacial score (nSPS) is 13.9. The Morgan fingerprint density at radius 1 is 0.933 bits per heavy atom. The van der Waals surface area contributed by atoms with Crippen molar-refractivity contribution in [1.29, 1.82) is 0 Å². The molecule has 4 N–H and O–H groups in total. The predicted molar refractivity (Wildman–Crippen MR) is 180 cm³/mol. The van der Waals surface area contributed by atoms with Gasteiger partial charge in [0, 0.05) is 67.6 Å². The number of benzene rings is 3. The maximum absolute atomic E-state index is 13.1. The Morgan fingerprint density at radius 2 is 1.62 bits per heavy atom. The van der Waals surface area contributed by atoms with Crippen LogP contribution in [0.4, 0.5) is 22.9 Å². The number of nitrogens with two attached hydrogens (primary N) is 1. The molecule has 0 atom stereocenters. The highest BCUT2D eigenvalue weighted by Gasteiger charge is 2.22. The molecule has 0 radical (unpaired) electrons. The van der Waals surface area contributed by atoms with E-state index in [0.29, 0.717) is 47.0 Å². The van der Waals surface area contributed by atoms with E-state index in [-0.39, 0.29) is 28.6 Å². The van der Waals surface area contributed by atoms with Gasteiger partial charge in [-0.1, -0.05) is 45.0 Å². The van der Waals surface area contributed by atoms with Gasteiger partial charge < -0.3 is 30.7 Å². The van der Waals surface area contributed by atoms with E-state index in [9.17, 15) is 14.4 Å². The third-order valence-electron chi connectivity index (χ3n) is 8.28. The van der Waals surface area contributed by atoms with Crippen LogP contribution in [0.5, 0.6) is 0 Å². The minimum absolute atomic E-state index is 0.00387. The first-order valence-electron chi connectivity index (χ1n) is 15.1. The molecule has 45 heavy (non-hydrogen) atoms. The monoisotopic (exact) mass is 607 g/mol. The second-order valence-corrected chi connectivity index (χ2v) is 12.7. The largest absolute Gasteiger partial charge is 0.398 e. The fraction of sp³-hybridized carbons (Fsp3) is 0.314. The van der Waals surface area contributed by atoms with Crippen LogP contribution in [-0.2, 0) is 12.5 Å². The summed E-state index contributed by atoms with van der Waals surface area (Å²) in [6.45, 7) is 11.2. The maximum atomic E-state index is 13.1. The lowest BCUT2D eigenvalue weighted by Crippen LogP contribution is -2.47. The number of aromatic nitrogens is 2. The van der Waals surface area contributed by atoms with Crippen molar-refractivity contribution in [2.24, 2.45) is 7.05 Å². The Morgan fingerprint density at radius 3 is 2.27 bits per heavy atom. The molecule has 1 aliphatic rings. The third kappa shape index (κ3) is 6.91. The summed E-state index contributed by atoms with van der Waals surface area (Å²) in [6.07, 6.45) is 1.67. The van der Waals surface area contributed by atoms with E-state index in [1.54, 1.807) is 36.3 Å². The third-order valence-corrected chi connectivity index (χ3v) is 8.28. The van der Waals surface area contributed by atoms with E-state index in [0.717, 1.165) is 29.8 Å². The smallest absolute Gasteiger partial charge is 0.293 e. The van der Waals surface area contributed by atoms with Gasteiger partial charge in [-0.2, -0.15) is 0 Å². The van der Waals surface area contributed by atoms with Crippen LogP contribution in [0, 0.1) is 6.92 Å². The lowest BCUT2D eigenvalue weighted by molar-refractivity contribution is 0.0665. The minimum Gasteiger partial charge on any atom is -0.398 e. The highest BCUT2D eigenvalue weighted by atomic mass is 16.2. The van der Waals surface area contributed by atoms with Gasteiger partial charge in [-0.25, -0.2) is 4.98 Å². The van der Waals surface area contributed by atoms with Crippen LogP contribution in [0.25, 0.3) is 11.3 Å². The number of rotatable bonds is 6. The highest BCUT2D eigenvalue weighted by molar-refractivity contribution is 6.05. The number of aryl methyl sites for hydroxylation is 1. The number of likely N-dealkylation sites (N-methyl/N-ethyl adjacent to an activating group) is 1. The van der Waals surface area contributed by atoms with Crippen LogP contribution in [0.3, 0.4) is 0 Å². The predicted octanol–water partition coefficient (Wildman–Crippen LogP) is 5.02. The summed E-state index contributed by atoms with van der Waals surface area (Å²) >= 11 is 0. The number of hydrogen-bond acceptors (Lipinski definition) is 7. The number of hydrogen-bond donors (Lipinski definition) is 3. The number of nitrogens with zero attached hydrogens (tertiary/aromatic N) is 4. The first-order chi connectivity index (χ1) is 21.3. The molecule has 0 spiro atoms. The number of anilines is 4. The van der Waals surface area contributed by atoms with E-state index in [1.807, 2.05) is 56.4 Å². The summed E-state index contributed by atoms with van der Waals surface area (Å²) in [6, 6.07) is 18.3. The van der Waals surface area contributed by atoms with Crippen molar-refractivity contribution in [3.8, 4) is 11.3 Å². The molecule has 10 heteroatoms. The average Bonchev–Trinajstić information content (AvgIpc) is 3.00. The molecule has 234 valence electrons. The summed E-state index contributed by atoms with van der Waals surface area (Å²) in [7, 11) is 3.70. The lowest BCUT2D eigenvalue weighted by atomic mass is 9.86. The Balaban J connectivity index is 1.37. The number of nitrogens with one attached hydrogen (secondary N) is 2. The van der Waals surface area contributed by atoms with Gasteiger partial charge in [0.05, 0.1) is 11.3 Å². The molecular weight excluding hydrogens is 566 g/mol. The first kappa shape index (κ1) is 31.5. The molecule has 10 nitrogen and oxygen atoms in total. The van der Waals surface area contributed by atoms with Gasteiger partial charge in [0.1, 0.15) is 0 Å². The van der Waals surface area contributed by atoms with E-state index in [1.165, 1.54) is 4.57 Å². The van der Waals surface area contributed by atoms with Crippen LogP contribution < -0.4 is 21.9 Å². The van der Waals surface area contributed by atoms with Crippen LogP contribution in [0.2, 0.25) is 0 Å². The summed E-state index contributed by atoms with van der Waals surface area (Å²) in [5.74, 6) is -0.202. The van der Waals surface area contributed by atoms with Gasteiger partial charge in [0.15, 0.2) is 5.82 Å². The molecule has 0 unspecified atom stereocenters. The fourth-order valence-corrected chi connectivity index (χ4v) is 5.33. The van der Waals surface area contributed by atoms with Crippen molar-refractivity contribution < 1.29 is 9.59 Å². The molecule has 0 aliphatic carbocycles. The van der Waals surface area contributed by atoms with Crippen LogP contribution in [0.15, 0.2) is 71.7 Å². The summed E-state index contributed by atoms with van der Waals surface area (Å²) < 4.78 is 1.46. The van der Waals surface area contributed by atoms with Crippen LogP contribution in [0.1, 0.15) is 52.6 Å². The number of nitrogen functional groups attached to an aromatic ring is 1. The minimum atomic E-state index is -0.323. The summed E-state index contributed by atoms with van der Waals surface area (Å²) in [5.41, 5.74) is 11.8. The van der Waals surface area contributed by atoms with Gasteiger partial charge in [-0.05, 0) is 66.9 Å². The van der Waals surface area contributed by atoms with Gasteiger partial charge >= 0.3 is 0 Å². The SMILES string of the molecule is Cc1c(NC(=O)c2ccc(C(C)(C)C)cc2)cccc1-c1cn(C)c(=O)c(Nc2ccc(C(=O)N3CCN(C)CC3)c(N)c2)n1. The standard InChI is InChI=1S/C35H41N7O3/c1-22-26(8-7-9-29(22)39-32(43)23-10-12-24(13-11-23)35(2,3)4)30-21-41(6)34(45)31(38-30)37-25-14-15-27(28(36)20-25)33(44)42-18-16-40(5)17-19-42/h7-15,20-21H,16-19,36H2,1-6H3,(H,37,38)(H,39,43). The second kappa shape index (κ2) is 12.6. The van der Waals surface area contributed by atoms with E-state index < -0.39 is 0 Å². The van der Waals surface area contributed by atoms with Crippen LogP contribution >= 0.6 is 0 Å². The summed E-state index contributed by atoms with van der Waals surface area (Å²) in [4.78, 5) is 47.9. The molecule has 0 bridgehead atoms. The van der Waals surface area contributed by atoms with Crippen molar-refractivity contribution >= 4 is 34.7 Å². The second-order valence-electron chi connectivity index (χ2n) is 12.7. The molecule has 1 aromatic heterocycles. The Kier molecular flexibility index (Phi) is 8.79. The van der Waals surface area contributed by atoms with E-state index in [2.05, 4.69) is 41.3 Å². The van der Waals surface area contributed by atoms with Crippen molar-refractivity contribution in [2.45, 2.75) is 33.1 Å². The molecule has 2 amide bonds. The van der Waals surface area contributed by atoms with E-state index >= 15 is 0 Å². The molecule has 0 saturated carbocycles. The topological polar surface area (TPSA) is 126 Å². The van der Waals surface area contributed by atoms with Gasteiger partial charge in [0.2, 0.25) is 0 Å². The Hall–Kier alpha value is -4.96. The summed E-state index contributed by atoms with van der Waals surface area (Å²) in [5, 5.41) is 6.12. The number of carbonyl (C=O) groups is 2. The van der Waals surface area contributed by atoms with Gasteiger partial charge in [-0.3, -0.25) is 14.4 Å². The fourth-order valence-electron chi connectivity index (χ4n) is 5.33. The molecule has 1 aliphatic heterocycles. The van der Waals surface area contributed by atoms with Crippen molar-refractivity contribution in [3.63, 3.8) is 0 Å². The Bertz CT molecular complexity index is 1800. The number of amides is 2. The number of piperazine rings is 1. The lowest BCUT2D eigenvalue weighted by Gasteiger charge is -2.32. The zero-order valence-corrected chi connectivity index (χ0v) is 26.8. The molecule has 2 heterocycles. The molecule has 5 rings (SSSR count). The van der Waals surface area contributed by atoms with Crippen molar-refractivity contribution in [1.82, 2.24) is 19.4 Å². The molecule has 1 saturated heterocycles.